The first kappa shape index (κ1) is 21.1. The molecule has 0 bridgehead atoms. The smallest absolute Gasteiger partial charge is 0.320 e. The van der Waals surface area contributed by atoms with Gasteiger partial charge in [0.05, 0.1) is 23.4 Å². The molecule has 0 radical (unpaired) electrons. The quantitative estimate of drug-likeness (QED) is 0.553. The SMILES string of the molecule is CC(C)(N)c1ccc(-n2ccc(NC(=O)N[C@H]3CCOc4c(Cl)cccc43)n2)cc1F. The number of hydrogen-bond acceptors (Lipinski definition) is 4. The van der Waals surface area contributed by atoms with Gasteiger partial charge in [0, 0.05) is 35.3 Å². The molecule has 0 aliphatic carbocycles. The molecule has 3 aromatic rings. The van der Waals surface area contributed by atoms with Crippen molar-refractivity contribution in [2.24, 2.45) is 5.73 Å². The van der Waals surface area contributed by atoms with Gasteiger partial charge in [-0.2, -0.15) is 0 Å². The molecule has 31 heavy (non-hydrogen) atoms. The Bertz CT molecular complexity index is 1130. The molecule has 4 rings (SSSR count). The second-order valence-electron chi connectivity index (χ2n) is 7.98. The number of carbonyl (C=O) groups is 1. The van der Waals surface area contributed by atoms with E-state index in [1.54, 1.807) is 44.3 Å². The number of para-hydroxylation sites is 1. The Kier molecular flexibility index (Phi) is 5.60. The Hall–Kier alpha value is -3.10. The first-order valence-corrected chi connectivity index (χ1v) is 10.2. The summed E-state index contributed by atoms with van der Waals surface area (Å²) < 4.78 is 21.5. The van der Waals surface area contributed by atoms with Gasteiger partial charge < -0.3 is 15.8 Å². The summed E-state index contributed by atoms with van der Waals surface area (Å²) in [6, 6.07) is 11.2. The number of carbonyl (C=O) groups excluding carboxylic acids is 1. The van der Waals surface area contributed by atoms with Crippen molar-refractivity contribution in [2.75, 3.05) is 11.9 Å². The summed E-state index contributed by atoms with van der Waals surface area (Å²) in [5.41, 5.74) is 6.97. The predicted molar refractivity (Wildman–Crippen MR) is 117 cm³/mol. The lowest BCUT2D eigenvalue weighted by molar-refractivity contribution is 0.232. The molecule has 0 spiro atoms. The van der Waals surface area contributed by atoms with Crippen molar-refractivity contribution in [3.63, 3.8) is 0 Å². The highest BCUT2D eigenvalue weighted by molar-refractivity contribution is 6.32. The van der Waals surface area contributed by atoms with E-state index in [1.807, 2.05) is 12.1 Å². The average Bonchev–Trinajstić information content (AvgIpc) is 3.16. The molecule has 2 heterocycles. The van der Waals surface area contributed by atoms with Gasteiger partial charge in [-0.05, 0) is 32.0 Å². The molecule has 0 unspecified atom stereocenters. The third-order valence-electron chi connectivity index (χ3n) is 5.07. The fourth-order valence-electron chi connectivity index (χ4n) is 3.55. The Morgan fingerprint density at radius 3 is 2.87 bits per heavy atom. The Labute approximate surface area is 184 Å². The lowest BCUT2D eigenvalue weighted by Crippen LogP contribution is -2.35. The van der Waals surface area contributed by atoms with E-state index in [1.165, 1.54) is 10.7 Å². The van der Waals surface area contributed by atoms with Crippen molar-refractivity contribution in [1.82, 2.24) is 15.1 Å². The molecule has 7 nitrogen and oxygen atoms in total. The van der Waals surface area contributed by atoms with Gasteiger partial charge in [0.2, 0.25) is 0 Å². The first-order valence-electron chi connectivity index (χ1n) is 9.86. The van der Waals surface area contributed by atoms with Crippen LogP contribution in [0.1, 0.15) is 37.4 Å². The fourth-order valence-corrected chi connectivity index (χ4v) is 3.79. The molecule has 0 saturated carbocycles. The number of fused-ring (bicyclic) bond motifs is 1. The predicted octanol–water partition coefficient (Wildman–Crippen LogP) is 4.50. The maximum absolute atomic E-state index is 14.4. The third kappa shape index (κ3) is 4.50. The van der Waals surface area contributed by atoms with Crippen LogP contribution in [-0.2, 0) is 5.54 Å². The number of aromatic nitrogens is 2. The van der Waals surface area contributed by atoms with Crippen LogP contribution in [0.4, 0.5) is 15.0 Å². The van der Waals surface area contributed by atoms with Gasteiger partial charge in [0.1, 0.15) is 11.6 Å². The van der Waals surface area contributed by atoms with E-state index in [2.05, 4.69) is 15.7 Å². The van der Waals surface area contributed by atoms with Crippen molar-refractivity contribution < 1.29 is 13.9 Å². The Morgan fingerprint density at radius 1 is 1.32 bits per heavy atom. The minimum absolute atomic E-state index is 0.231. The van der Waals surface area contributed by atoms with Gasteiger partial charge in [0.15, 0.2) is 5.82 Å². The van der Waals surface area contributed by atoms with E-state index < -0.39 is 17.4 Å². The van der Waals surface area contributed by atoms with Crippen LogP contribution in [0, 0.1) is 5.82 Å². The zero-order valence-electron chi connectivity index (χ0n) is 17.2. The highest BCUT2D eigenvalue weighted by atomic mass is 35.5. The molecule has 1 aliphatic heterocycles. The number of halogens is 2. The summed E-state index contributed by atoms with van der Waals surface area (Å²) in [6.45, 7) is 3.94. The van der Waals surface area contributed by atoms with Gasteiger partial charge in [0.25, 0.3) is 0 Å². The van der Waals surface area contributed by atoms with E-state index in [0.717, 1.165) is 5.56 Å². The standard InChI is InChI=1S/C22H23ClFN5O2/c1-22(2,25)15-7-6-13(12-17(15)24)29-10-8-19(28-29)27-21(30)26-18-9-11-31-20-14(18)4-3-5-16(20)23/h3-8,10,12,18H,9,11,25H2,1-2H3,(H2,26,27,28,30)/t18-/m0/s1. The highest BCUT2D eigenvalue weighted by Gasteiger charge is 2.25. The second-order valence-corrected chi connectivity index (χ2v) is 8.38. The van der Waals surface area contributed by atoms with Crippen LogP contribution < -0.4 is 21.1 Å². The molecule has 1 atom stereocenters. The third-order valence-corrected chi connectivity index (χ3v) is 5.37. The molecular weight excluding hydrogens is 421 g/mol. The number of anilines is 1. The lowest BCUT2D eigenvalue weighted by atomic mass is 9.95. The molecule has 1 aliphatic rings. The fraction of sp³-hybridized carbons (Fsp3) is 0.273. The second kappa shape index (κ2) is 8.20. The van der Waals surface area contributed by atoms with Crippen molar-refractivity contribution in [3.05, 3.63) is 70.6 Å². The monoisotopic (exact) mass is 443 g/mol. The van der Waals surface area contributed by atoms with Crippen molar-refractivity contribution in [3.8, 4) is 11.4 Å². The Balaban J connectivity index is 1.45. The molecule has 1 aromatic heterocycles. The molecule has 162 valence electrons. The number of rotatable bonds is 4. The van der Waals surface area contributed by atoms with Crippen LogP contribution in [0.3, 0.4) is 0 Å². The van der Waals surface area contributed by atoms with Crippen LogP contribution in [0.5, 0.6) is 5.75 Å². The normalized spacial score (nSPS) is 15.7. The maximum atomic E-state index is 14.4. The highest BCUT2D eigenvalue weighted by Crippen LogP contribution is 2.37. The molecule has 4 N–H and O–H groups in total. The number of nitrogens with zero attached hydrogens (tertiary/aromatic N) is 2. The van der Waals surface area contributed by atoms with Gasteiger partial charge in [-0.25, -0.2) is 13.9 Å². The van der Waals surface area contributed by atoms with Crippen LogP contribution in [0.2, 0.25) is 5.02 Å². The van der Waals surface area contributed by atoms with E-state index in [0.29, 0.717) is 40.9 Å². The molecular formula is C22H23ClFN5O2. The van der Waals surface area contributed by atoms with E-state index in [9.17, 15) is 9.18 Å². The van der Waals surface area contributed by atoms with Crippen LogP contribution in [0.25, 0.3) is 5.69 Å². The number of hydrogen-bond donors (Lipinski definition) is 3. The van der Waals surface area contributed by atoms with E-state index >= 15 is 0 Å². The number of benzene rings is 2. The number of ether oxygens (including phenoxy) is 1. The molecule has 2 aromatic carbocycles. The van der Waals surface area contributed by atoms with Gasteiger partial charge >= 0.3 is 6.03 Å². The van der Waals surface area contributed by atoms with Crippen LogP contribution >= 0.6 is 11.6 Å². The summed E-state index contributed by atoms with van der Waals surface area (Å²) in [6.07, 6.45) is 2.26. The van der Waals surface area contributed by atoms with Crippen molar-refractivity contribution in [2.45, 2.75) is 31.8 Å². The first-order chi connectivity index (χ1) is 14.7. The molecule has 0 saturated heterocycles. The minimum atomic E-state index is -0.787. The van der Waals surface area contributed by atoms with E-state index in [-0.39, 0.29) is 6.04 Å². The topological polar surface area (TPSA) is 94.2 Å². The molecule has 2 amide bonds. The van der Waals surface area contributed by atoms with Crippen LogP contribution in [-0.4, -0.2) is 22.4 Å². The summed E-state index contributed by atoms with van der Waals surface area (Å²) in [5, 5.41) is 10.4. The minimum Gasteiger partial charge on any atom is -0.492 e. The van der Waals surface area contributed by atoms with Crippen LogP contribution in [0.15, 0.2) is 48.7 Å². The summed E-state index contributed by atoms with van der Waals surface area (Å²) in [5.74, 6) is 0.514. The average molecular weight is 444 g/mol. The number of nitrogens with one attached hydrogen (secondary N) is 2. The summed E-state index contributed by atoms with van der Waals surface area (Å²) in [4.78, 5) is 12.5. The zero-order chi connectivity index (χ0) is 22.2. The maximum Gasteiger partial charge on any atom is 0.320 e. The molecule has 0 fully saturated rings. The van der Waals surface area contributed by atoms with Gasteiger partial charge in [-0.1, -0.05) is 29.8 Å². The van der Waals surface area contributed by atoms with Crippen molar-refractivity contribution in [1.29, 1.82) is 0 Å². The van der Waals surface area contributed by atoms with Gasteiger partial charge in [-0.15, -0.1) is 5.10 Å². The number of urea groups is 1. The lowest BCUT2D eigenvalue weighted by Gasteiger charge is -2.27. The summed E-state index contributed by atoms with van der Waals surface area (Å²) in [7, 11) is 0. The molecule has 9 heteroatoms. The van der Waals surface area contributed by atoms with E-state index in [4.69, 9.17) is 22.1 Å². The number of amides is 2. The largest absolute Gasteiger partial charge is 0.492 e. The summed E-state index contributed by atoms with van der Waals surface area (Å²) >= 11 is 6.18. The number of nitrogens with two attached hydrogens (primary N) is 1. The van der Waals surface area contributed by atoms with Crippen molar-refractivity contribution >= 4 is 23.4 Å². The van der Waals surface area contributed by atoms with Gasteiger partial charge in [-0.3, -0.25) is 5.32 Å². The Morgan fingerprint density at radius 2 is 2.13 bits per heavy atom. The zero-order valence-corrected chi connectivity index (χ0v) is 17.9.